The normalized spacial score (nSPS) is 15.5. The molecule has 0 radical (unpaired) electrons. The second kappa shape index (κ2) is 5.04. The van der Waals surface area contributed by atoms with Gasteiger partial charge in [0.15, 0.2) is 0 Å². The van der Waals surface area contributed by atoms with Crippen molar-refractivity contribution >= 4 is 26.8 Å². The van der Waals surface area contributed by atoms with Crippen LogP contribution in [0, 0.1) is 11.8 Å². The number of alkyl halides is 1. The molecule has 0 spiro atoms. The monoisotopic (exact) mass is 308 g/mol. The van der Waals surface area contributed by atoms with Crippen LogP contribution in [-0.4, -0.2) is 10.2 Å². The van der Waals surface area contributed by atoms with E-state index < -0.39 is 0 Å². The van der Waals surface area contributed by atoms with E-state index in [4.69, 9.17) is 0 Å². The Hall–Kier alpha value is -0.830. The van der Waals surface area contributed by atoms with Crippen molar-refractivity contribution < 1.29 is 0 Å². The Morgan fingerprint density at radius 2 is 2.00 bits per heavy atom. The summed E-state index contributed by atoms with van der Waals surface area (Å²) in [4.78, 5) is 0. The molecule has 0 saturated heterocycles. The van der Waals surface area contributed by atoms with Crippen LogP contribution in [0.4, 0.5) is 0 Å². The topological polar surface area (TPSA) is 28.7 Å². The first kappa shape index (κ1) is 13.6. The zero-order chi connectivity index (χ0) is 13.3. The summed E-state index contributed by atoms with van der Waals surface area (Å²) in [6.07, 6.45) is 3.02. The van der Waals surface area contributed by atoms with Gasteiger partial charge in [0, 0.05) is 5.39 Å². The van der Waals surface area contributed by atoms with Gasteiger partial charge >= 0.3 is 0 Å². The molecule has 0 amide bonds. The van der Waals surface area contributed by atoms with Crippen LogP contribution >= 0.6 is 15.9 Å². The average Bonchev–Trinajstić information content (AvgIpc) is 2.74. The van der Waals surface area contributed by atoms with E-state index in [1.54, 1.807) is 0 Å². The molecule has 0 aliphatic heterocycles. The van der Waals surface area contributed by atoms with Crippen LogP contribution in [0.1, 0.15) is 39.7 Å². The molecule has 1 N–H and O–H groups in total. The first-order chi connectivity index (χ1) is 8.43. The molecule has 1 unspecified atom stereocenters. The SMILES string of the molecule is CC(C)CC(Br)(c1ccc2[nH]ncc2c1)C(C)C. The zero-order valence-corrected chi connectivity index (χ0v) is 13.1. The van der Waals surface area contributed by atoms with Crippen LogP contribution in [0.15, 0.2) is 24.4 Å². The number of nitrogens with one attached hydrogen (secondary N) is 1. The van der Waals surface area contributed by atoms with Crippen molar-refractivity contribution in [3.05, 3.63) is 30.0 Å². The van der Waals surface area contributed by atoms with Gasteiger partial charge in [0.05, 0.1) is 16.0 Å². The zero-order valence-electron chi connectivity index (χ0n) is 11.5. The molecule has 1 atom stereocenters. The van der Waals surface area contributed by atoms with Crippen molar-refractivity contribution in [2.45, 2.75) is 38.4 Å². The second-order valence-electron chi connectivity index (χ2n) is 5.79. The third-order valence-electron chi connectivity index (χ3n) is 3.54. The number of fused-ring (bicyclic) bond motifs is 1. The first-order valence-electron chi connectivity index (χ1n) is 6.56. The van der Waals surface area contributed by atoms with Gasteiger partial charge in [-0.05, 0) is 36.0 Å². The summed E-state index contributed by atoms with van der Waals surface area (Å²) >= 11 is 4.00. The van der Waals surface area contributed by atoms with E-state index in [0.717, 1.165) is 11.9 Å². The quantitative estimate of drug-likeness (QED) is 0.803. The fraction of sp³-hybridized carbons (Fsp3) is 0.533. The van der Waals surface area contributed by atoms with Gasteiger partial charge in [-0.25, -0.2) is 0 Å². The van der Waals surface area contributed by atoms with E-state index in [1.165, 1.54) is 10.9 Å². The van der Waals surface area contributed by atoms with Gasteiger partial charge in [0.1, 0.15) is 0 Å². The van der Waals surface area contributed by atoms with Crippen molar-refractivity contribution in [1.29, 1.82) is 0 Å². The Labute approximate surface area is 117 Å². The number of halogens is 1. The fourth-order valence-electron chi connectivity index (χ4n) is 2.48. The lowest BCUT2D eigenvalue weighted by Gasteiger charge is -2.34. The minimum atomic E-state index is 0.0482. The lowest BCUT2D eigenvalue weighted by Crippen LogP contribution is -2.27. The van der Waals surface area contributed by atoms with Gasteiger partial charge in [-0.2, -0.15) is 5.10 Å². The highest BCUT2D eigenvalue weighted by Crippen LogP contribution is 2.44. The van der Waals surface area contributed by atoms with Gasteiger partial charge in [-0.1, -0.05) is 49.7 Å². The molecule has 18 heavy (non-hydrogen) atoms. The maximum Gasteiger partial charge on any atom is 0.0650 e. The second-order valence-corrected chi connectivity index (χ2v) is 7.20. The van der Waals surface area contributed by atoms with Gasteiger partial charge in [-0.3, -0.25) is 5.10 Å². The standard InChI is InChI=1S/C15H21BrN2/c1-10(2)8-15(16,11(3)4)13-5-6-14-12(7-13)9-17-18-14/h5-7,9-11H,8H2,1-4H3,(H,17,18). The van der Waals surface area contributed by atoms with Crippen LogP contribution in [0.2, 0.25) is 0 Å². The van der Waals surface area contributed by atoms with E-state index in [-0.39, 0.29) is 4.32 Å². The minimum absolute atomic E-state index is 0.0482. The number of benzene rings is 1. The molecule has 1 aromatic heterocycles. The molecule has 98 valence electrons. The fourth-order valence-corrected chi connectivity index (χ4v) is 3.38. The van der Waals surface area contributed by atoms with Crippen molar-refractivity contribution in [2.24, 2.45) is 11.8 Å². The smallest absolute Gasteiger partial charge is 0.0650 e. The maximum atomic E-state index is 4.09. The summed E-state index contributed by atoms with van der Waals surface area (Å²) in [5.74, 6) is 1.20. The Bertz CT molecular complexity index is 530. The molecule has 1 aromatic carbocycles. The summed E-state index contributed by atoms with van der Waals surface area (Å²) in [6.45, 7) is 9.09. The number of hydrogen-bond acceptors (Lipinski definition) is 1. The molecule has 2 nitrogen and oxygen atoms in total. The summed E-state index contributed by atoms with van der Waals surface area (Å²) in [7, 11) is 0. The molecule has 3 heteroatoms. The summed E-state index contributed by atoms with van der Waals surface area (Å²) < 4.78 is 0.0482. The molecule has 0 aliphatic carbocycles. The number of aromatic amines is 1. The number of aromatic nitrogens is 2. The summed E-state index contributed by atoms with van der Waals surface area (Å²) in [5.41, 5.74) is 2.45. The molecular weight excluding hydrogens is 288 g/mol. The Kier molecular flexibility index (Phi) is 3.81. The molecule has 0 fully saturated rings. The first-order valence-corrected chi connectivity index (χ1v) is 7.35. The molecule has 0 aliphatic rings. The molecule has 1 heterocycles. The molecule has 2 aromatic rings. The van der Waals surface area contributed by atoms with Crippen molar-refractivity contribution in [1.82, 2.24) is 10.2 Å². The maximum absolute atomic E-state index is 4.09. The largest absolute Gasteiger partial charge is 0.278 e. The number of H-pyrrole nitrogens is 1. The molecule has 2 rings (SSSR count). The van der Waals surface area contributed by atoms with Crippen molar-refractivity contribution in [2.75, 3.05) is 0 Å². The van der Waals surface area contributed by atoms with Crippen LogP contribution < -0.4 is 0 Å². The predicted octanol–water partition coefficient (Wildman–Crippen LogP) is 4.86. The number of hydrogen-bond donors (Lipinski definition) is 1. The van der Waals surface area contributed by atoms with E-state index >= 15 is 0 Å². The third kappa shape index (κ3) is 2.46. The van der Waals surface area contributed by atoms with Crippen LogP contribution in [0.3, 0.4) is 0 Å². The van der Waals surface area contributed by atoms with Crippen LogP contribution in [0.5, 0.6) is 0 Å². The van der Waals surface area contributed by atoms with Crippen LogP contribution in [-0.2, 0) is 4.32 Å². The van der Waals surface area contributed by atoms with Gasteiger partial charge in [0.2, 0.25) is 0 Å². The van der Waals surface area contributed by atoms with E-state index in [9.17, 15) is 0 Å². The highest BCUT2D eigenvalue weighted by molar-refractivity contribution is 9.09. The van der Waals surface area contributed by atoms with Gasteiger partial charge < -0.3 is 0 Å². The highest BCUT2D eigenvalue weighted by Gasteiger charge is 2.33. The molecule has 0 bridgehead atoms. The van der Waals surface area contributed by atoms with E-state index in [1.807, 2.05) is 6.20 Å². The van der Waals surface area contributed by atoms with Crippen molar-refractivity contribution in [3.8, 4) is 0 Å². The Morgan fingerprint density at radius 3 is 2.61 bits per heavy atom. The Morgan fingerprint density at radius 1 is 1.28 bits per heavy atom. The van der Waals surface area contributed by atoms with E-state index in [2.05, 4.69) is 72.0 Å². The Balaban J connectivity index is 2.46. The summed E-state index contributed by atoms with van der Waals surface area (Å²) in [5, 5.41) is 8.27. The average molecular weight is 309 g/mol. The van der Waals surface area contributed by atoms with Crippen LogP contribution in [0.25, 0.3) is 10.9 Å². The van der Waals surface area contributed by atoms with E-state index in [0.29, 0.717) is 11.8 Å². The van der Waals surface area contributed by atoms with Crippen molar-refractivity contribution in [3.63, 3.8) is 0 Å². The number of nitrogens with zero attached hydrogens (tertiary/aromatic N) is 1. The lowest BCUT2D eigenvalue weighted by molar-refractivity contribution is 0.377. The minimum Gasteiger partial charge on any atom is -0.278 e. The van der Waals surface area contributed by atoms with Gasteiger partial charge in [-0.15, -0.1) is 0 Å². The third-order valence-corrected chi connectivity index (χ3v) is 5.24. The molecule has 0 saturated carbocycles. The number of rotatable bonds is 4. The molecular formula is C15H21BrN2. The lowest BCUT2D eigenvalue weighted by atomic mass is 9.81. The highest BCUT2D eigenvalue weighted by atomic mass is 79.9. The van der Waals surface area contributed by atoms with Gasteiger partial charge in [0.25, 0.3) is 0 Å². The summed E-state index contributed by atoms with van der Waals surface area (Å²) in [6, 6.07) is 6.57. The predicted molar refractivity (Wildman–Crippen MR) is 81.0 cm³/mol.